The lowest BCUT2D eigenvalue weighted by molar-refractivity contribution is -0.116. The van der Waals surface area contributed by atoms with E-state index in [-0.39, 0.29) is 5.91 Å². The second kappa shape index (κ2) is 9.01. The highest BCUT2D eigenvalue weighted by atomic mass is 16.5. The Hall–Kier alpha value is -4.38. The van der Waals surface area contributed by atoms with Crippen LogP contribution in [-0.4, -0.2) is 23.2 Å². The standard InChI is InChI=1S/C28H23N3O2/c1-33-23-15-12-19(13-16-23)22-14-17-24-25(18-22)30-31-27(24)29-28(32)26(20-8-4-2-5-9-20)21-10-6-3-7-11-21/h2-18,26H,1H3,(H2,29,30,31,32). The largest absolute Gasteiger partial charge is 0.497 e. The predicted octanol–water partition coefficient (Wildman–Crippen LogP) is 6.01. The van der Waals surface area contributed by atoms with Crippen LogP contribution in [0, 0.1) is 0 Å². The van der Waals surface area contributed by atoms with Crippen LogP contribution in [0.1, 0.15) is 17.0 Å². The van der Waals surface area contributed by atoms with Crippen LogP contribution < -0.4 is 10.1 Å². The van der Waals surface area contributed by atoms with Gasteiger partial charge in [0.2, 0.25) is 5.91 Å². The van der Waals surface area contributed by atoms with E-state index in [0.29, 0.717) is 5.82 Å². The third-order valence-corrected chi connectivity index (χ3v) is 5.76. The molecule has 0 aliphatic carbocycles. The smallest absolute Gasteiger partial charge is 0.237 e. The molecule has 1 aromatic heterocycles. The van der Waals surface area contributed by atoms with Gasteiger partial charge in [0, 0.05) is 5.39 Å². The van der Waals surface area contributed by atoms with Crippen LogP contribution in [-0.2, 0) is 4.79 Å². The maximum Gasteiger partial charge on any atom is 0.237 e. The first-order valence-electron chi connectivity index (χ1n) is 10.8. The summed E-state index contributed by atoms with van der Waals surface area (Å²) in [5.74, 6) is 0.781. The van der Waals surface area contributed by atoms with Gasteiger partial charge in [-0.05, 0) is 46.5 Å². The molecule has 0 saturated heterocycles. The number of benzene rings is 4. The first-order chi connectivity index (χ1) is 16.2. The van der Waals surface area contributed by atoms with Crippen molar-refractivity contribution in [1.82, 2.24) is 10.2 Å². The summed E-state index contributed by atoms with van der Waals surface area (Å²) in [7, 11) is 1.65. The molecule has 162 valence electrons. The number of nitrogens with zero attached hydrogens (tertiary/aromatic N) is 1. The summed E-state index contributed by atoms with van der Waals surface area (Å²) in [6, 6.07) is 33.5. The number of ether oxygens (including phenoxy) is 1. The minimum atomic E-state index is -0.433. The number of methoxy groups -OCH3 is 1. The highest BCUT2D eigenvalue weighted by molar-refractivity contribution is 6.04. The van der Waals surface area contributed by atoms with E-state index in [1.807, 2.05) is 103 Å². The summed E-state index contributed by atoms with van der Waals surface area (Å²) in [4.78, 5) is 13.4. The van der Waals surface area contributed by atoms with Gasteiger partial charge in [-0.25, -0.2) is 0 Å². The van der Waals surface area contributed by atoms with Crippen LogP contribution in [0.15, 0.2) is 103 Å². The van der Waals surface area contributed by atoms with Gasteiger partial charge in [0.15, 0.2) is 5.82 Å². The summed E-state index contributed by atoms with van der Waals surface area (Å²) in [6.45, 7) is 0. The van der Waals surface area contributed by atoms with Gasteiger partial charge in [-0.15, -0.1) is 0 Å². The maximum absolute atomic E-state index is 13.4. The normalized spacial score (nSPS) is 11.0. The zero-order chi connectivity index (χ0) is 22.6. The van der Waals surface area contributed by atoms with E-state index in [9.17, 15) is 4.79 Å². The van der Waals surface area contributed by atoms with E-state index in [1.54, 1.807) is 7.11 Å². The first-order valence-corrected chi connectivity index (χ1v) is 10.8. The van der Waals surface area contributed by atoms with Crippen LogP contribution in [0.4, 0.5) is 5.82 Å². The van der Waals surface area contributed by atoms with Crippen molar-refractivity contribution in [3.8, 4) is 16.9 Å². The molecule has 4 aromatic carbocycles. The number of carbonyl (C=O) groups is 1. The fourth-order valence-electron chi connectivity index (χ4n) is 4.05. The number of aromatic nitrogens is 2. The molecule has 0 atom stereocenters. The van der Waals surface area contributed by atoms with Crippen molar-refractivity contribution in [1.29, 1.82) is 0 Å². The van der Waals surface area contributed by atoms with Crippen molar-refractivity contribution in [2.75, 3.05) is 12.4 Å². The molecule has 1 heterocycles. The Kier molecular flexibility index (Phi) is 5.60. The highest BCUT2D eigenvalue weighted by Crippen LogP contribution is 2.30. The second-order valence-electron chi connectivity index (χ2n) is 7.80. The molecule has 5 heteroatoms. The van der Waals surface area contributed by atoms with E-state index in [2.05, 4.69) is 15.5 Å². The number of aromatic amines is 1. The SMILES string of the molecule is COc1ccc(-c2ccc3c(NC(=O)C(c4ccccc4)c4ccccc4)n[nH]c3c2)cc1. The molecule has 1 amide bonds. The van der Waals surface area contributed by atoms with Gasteiger partial charge in [0.25, 0.3) is 0 Å². The van der Waals surface area contributed by atoms with Crippen LogP contribution in [0.5, 0.6) is 5.75 Å². The number of fused-ring (bicyclic) bond motifs is 1. The second-order valence-corrected chi connectivity index (χ2v) is 7.80. The number of anilines is 1. The topological polar surface area (TPSA) is 67.0 Å². The van der Waals surface area contributed by atoms with Crippen molar-refractivity contribution in [2.45, 2.75) is 5.92 Å². The Morgan fingerprint density at radius 1 is 0.818 bits per heavy atom. The van der Waals surface area contributed by atoms with E-state index in [0.717, 1.165) is 38.9 Å². The average molecular weight is 434 g/mol. The number of nitrogens with one attached hydrogen (secondary N) is 2. The number of rotatable bonds is 6. The number of hydrogen-bond donors (Lipinski definition) is 2. The molecule has 5 rings (SSSR count). The summed E-state index contributed by atoms with van der Waals surface area (Å²) < 4.78 is 5.24. The van der Waals surface area contributed by atoms with Gasteiger partial charge in [-0.2, -0.15) is 5.10 Å². The molecular weight excluding hydrogens is 410 g/mol. The minimum Gasteiger partial charge on any atom is -0.497 e. The molecule has 0 unspecified atom stereocenters. The molecule has 0 spiro atoms. The molecular formula is C28H23N3O2. The highest BCUT2D eigenvalue weighted by Gasteiger charge is 2.24. The van der Waals surface area contributed by atoms with Gasteiger partial charge < -0.3 is 10.1 Å². The molecule has 0 saturated carbocycles. The lowest BCUT2D eigenvalue weighted by Gasteiger charge is -2.17. The Morgan fingerprint density at radius 2 is 1.42 bits per heavy atom. The first kappa shape index (κ1) is 20.5. The average Bonchev–Trinajstić information content (AvgIpc) is 3.27. The summed E-state index contributed by atoms with van der Waals surface area (Å²) in [6.07, 6.45) is 0. The van der Waals surface area contributed by atoms with Crippen molar-refractivity contribution in [3.05, 3.63) is 114 Å². The van der Waals surface area contributed by atoms with Gasteiger partial charge in [-0.3, -0.25) is 9.89 Å². The molecule has 2 N–H and O–H groups in total. The zero-order valence-corrected chi connectivity index (χ0v) is 18.2. The minimum absolute atomic E-state index is 0.125. The number of hydrogen-bond acceptors (Lipinski definition) is 3. The lowest BCUT2D eigenvalue weighted by Crippen LogP contribution is -2.22. The van der Waals surface area contributed by atoms with Crippen molar-refractivity contribution in [2.24, 2.45) is 0 Å². The molecule has 0 bridgehead atoms. The van der Waals surface area contributed by atoms with Gasteiger partial charge >= 0.3 is 0 Å². The Balaban J connectivity index is 1.44. The van der Waals surface area contributed by atoms with Gasteiger partial charge in [0.1, 0.15) is 5.75 Å². The summed E-state index contributed by atoms with van der Waals surface area (Å²) in [5, 5.41) is 11.3. The summed E-state index contributed by atoms with van der Waals surface area (Å²) in [5.41, 5.74) is 4.85. The number of carbonyl (C=O) groups excluding carboxylic acids is 1. The molecule has 33 heavy (non-hydrogen) atoms. The zero-order valence-electron chi connectivity index (χ0n) is 18.2. The molecule has 0 aliphatic rings. The quantitative estimate of drug-likeness (QED) is 0.345. The predicted molar refractivity (Wildman–Crippen MR) is 131 cm³/mol. The molecule has 0 radical (unpaired) electrons. The monoisotopic (exact) mass is 433 g/mol. The van der Waals surface area contributed by atoms with Gasteiger partial charge in [-0.1, -0.05) is 78.9 Å². The Labute approximate surface area is 192 Å². The van der Waals surface area contributed by atoms with Gasteiger partial charge in [0.05, 0.1) is 18.5 Å². The molecule has 0 aliphatic heterocycles. The number of amides is 1. The lowest BCUT2D eigenvalue weighted by atomic mass is 9.90. The van der Waals surface area contributed by atoms with Crippen LogP contribution >= 0.6 is 0 Å². The Morgan fingerprint density at radius 3 is 2.03 bits per heavy atom. The van der Waals surface area contributed by atoms with Crippen molar-refractivity contribution < 1.29 is 9.53 Å². The van der Waals surface area contributed by atoms with Crippen LogP contribution in [0.25, 0.3) is 22.0 Å². The summed E-state index contributed by atoms with van der Waals surface area (Å²) >= 11 is 0. The van der Waals surface area contributed by atoms with Crippen molar-refractivity contribution >= 4 is 22.6 Å². The van der Waals surface area contributed by atoms with E-state index in [4.69, 9.17) is 4.74 Å². The van der Waals surface area contributed by atoms with Crippen LogP contribution in [0.2, 0.25) is 0 Å². The maximum atomic E-state index is 13.4. The molecule has 5 aromatic rings. The Bertz CT molecular complexity index is 1340. The molecule has 0 fully saturated rings. The third kappa shape index (κ3) is 4.21. The fraction of sp³-hybridized carbons (Fsp3) is 0.0714. The van der Waals surface area contributed by atoms with Crippen LogP contribution in [0.3, 0.4) is 0 Å². The van der Waals surface area contributed by atoms with E-state index >= 15 is 0 Å². The number of H-pyrrole nitrogens is 1. The fourth-order valence-corrected chi connectivity index (χ4v) is 4.05. The van der Waals surface area contributed by atoms with E-state index < -0.39 is 5.92 Å². The van der Waals surface area contributed by atoms with Crippen molar-refractivity contribution in [3.63, 3.8) is 0 Å². The third-order valence-electron chi connectivity index (χ3n) is 5.76. The van der Waals surface area contributed by atoms with E-state index in [1.165, 1.54) is 0 Å². The molecule has 5 nitrogen and oxygen atoms in total.